The van der Waals surface area contributed by atoms with Crippen LogP contribution in [0.4, 0.5) is 4.39 Å². The van der Waals surface area contributed by atoms with Crippen LogP contribution in [0, 0.1) is 12.7 Å². The molecule has 0 saturated heterocycles. The summed E-state index contributed by atoms with van der Waals surface area (Å²) >= 11 is 5.92. The first-order valence-corrected chi connectivity index (χ1v) is 6.83. The van der Waals surface area contributed by atoms with Crippen molar-refractivity contribution >= 4 is 17.5 Å². The van der Waals surface area contributed by atoms with Gasteiger partial charge < -0.3 is 5.32 Å². The second-order valence-corrected chi connectivity index (χ2v) is 4.86. The molecular formula is C16H15ClFNO. The van der Waals surface area contributed by atoms with Crippen molar-refractivity contribution in [2.45, 2.75) is 13.0 Å². The summed E-state index contributed by atoms with van der Waals surface area (Å²) in [6, 6.07) is 13.3. The van der Waals surface area contributed by atoms with Gasteiger partial charge in [-0.2, -0.15) is 0 Å². The number of alkyl halides is 1. The van der Waals surface area contributed by atoms with E-state index in [1.807, 2.05) is 30.3 Å². The van der Waals surface area contributed by atoms with Crippen molar-refractivity contribution in [1.29, 1.82) is 0 Å². The van der Waals surface area contributed by atoms with Crippen LogP contribution in [-0.4, -0.2) is 11.8 Å². The number of carbonyl (C=O) groups is 1. The highest BCUT2D eigenvalue weighted by Crippen LogP contribution is 2.16. The Morgan fingerprint density at radius 1 is 1.25 bits per heavy atom. The van der Waals surface area contributed by atoms with Crippen LogP contribution in [0.3, 0.4) is 0 Å². The van der Waals surface area contributed by atoms with Crippen LogP contribution in [0.1, 0.15) is 27.5 Å². The third kappa shape index (κ3) is 3.36. The fraction of sp³-hybridized carbons (Fsp3) is 0.188. The van der Waals surface area contributed by atoms with Gasteiger partial charge in [-0.1, -0.05) is 36.4 Å². The Bertz CT molecular complexity index is 601. The average molecular weight is 292 g/mol. The van der Waals surface area contributed by atoms with Gasteiger partial charge in [-0.15, -0.1) is 11.6 Å². The first-order valence-electron chi connectivity index (χ1n) is 6.29. The predicted octanol–water partition coefficient (Wildman–Crippen LogP) is 3.84. The molecule has 2 aromatic rings. The molecule has 0 aliphatic carbocycles. The Balaban J connectivity index is 2.20. The minimum Gasteiger partial charge on any atom is -0.344 e. The number of hydrogen-bond acceptors (Lipinski definition) is 1. The van der Waals surface area contributed by atoms with Gasteiger partial charge in [-0.3, -0.25) is 4.79 Å². The molecule has 2 rings (SSSR count). The molecule has 0 saturated carbocycles. The fourth-order valence-corrected chi connectivity index (χ4v) is 2.23. The van der Waals surface area contributed by atoms with Crippen molar-refractivity contribution in [2.24, 2.45) is 0 Å². The van der Waals surface area contributed by atoms with Crippen molar-refractivity contribution in [3.8, 4) is 0 Å². The molecule has 0 spiro atoms. The maximum Gasteiger partial charge on any atom is 0.252 e. The van der Waals surface area contributed by atoms with E-state index in [4.69, 9.17) is 11.6 Å². The lowest BCUT2D eigenvalue weighted by Gasteiger charge is -2.17. The minimum atomic E-state index is -0.428. The zero-order chi connectivity index (χ0) is 14.5. The Kier molecular flexibility index (Phi) is 4.74. The summed E-state index contributed by atoms with van der Waals surface area (Å²) in [5.74, 6) is -0.496. The van der Waals surface area contributed by atoms with Crippen LogP contribution in [0.25, 0.3) is 0 Å². The first kappa shape index (κ1) is 14.5. The Morgan fingerprint density at radius 3 is 2.60 bits per heavy atom. The van der Waals surface area contributed by atoms with Crippen LogP contribution in [-0.2, 0) is 0 Å². The minimum absolute atomic E-state index is 0.254. The summed E-state index contributed by atoms with van der Waals surface area (Å²) in [6.45, 7) is 1.77. The van der Waals surface area contributed by atoms with E-state index in [0.29, 0.717) is 5.56 Å². The number of nitrogens with one attached hydrogen (secondary N) is 1. The monoisotopic (exact) mass is 291 g/mol. The highest BCUT2D eigenvalue weighted by molar-refractivity contribution is 6.18. The van der Waals surface area contributed by atoms with Gasteiger partial charge in [0.15, 0.2) is 0 Å². The van der Waals surface area contributed by atoms with Gasteiger partial charge in [0.05, 0.1) is 6.04 Å². The molecule has 4 heteroatoms. The largest absolute Gasteiger partial charge is 0.344 e. The summed E-state index contributed by atoms with van der Waals surface area (Å²) in [5, 5.41) is 2.83. The second-order valence-electron chi connectivity index (χ2n) is 4.55. The Morgan fingerprint density at radius 2 is 1.95 bits per heavy atom. The smallest absolute Gasteiger partial charge is 0.252 e. The van der Waals surface area contributed by atoms with E-state index in [1.54, 1.807) is 13.0 Å². The maximum atomic E-state index is 13.2. The van der Waals surface area contributed by atoms with E-state index >= 15 is 0 Å². The molecule has 1 N–H and O–H groups in total. The standard InChI is InChI=1S/C16H15ClFNO/c1-11-7-8-13(18)9-14(11)16(20)19-15(10-17)12-5-3-2-4-6-12/h2-9,15H,10H2,1H3,(H,19,20). The summed E-state index contributed by atoms with van der Waals surface area (Å²) < 4.78 is 13.2. The van der Waals surface area contributed by atoms with Crippen molar-refractivity contribution in [2.75, 3.05) is 5.88 Å². The molecule has 2 aromatic carbocycles. The predicted molar refractivity (Wildman–Crippen MR) is 78.5 cm³/mol. The molecule has 0 radical (unpaired) electrons. The SMILES string of the molecule is Cc1ccc(F)cc1C(=O)NC(CCl)c1ccccc1. The molecule has 104 valence electrons. The summed E-state index contributed by atoms with van der Waals surface area (Å²) in [5.41, 5.74) is 1.98. The second kappa shape index (κ2) is 6.53. The normalized spacial score (nSPS) is 11.9. The summed E-state index contributed by atoms with van der Waals surface area (Å²) in [4.78, 5) is 12.2. The van der Waals surface area contributed by atoms with Crippen molar-refractivity contribution in [1.82, 2.24) is 5.32 Å². The van der Waals surface area contributed by atoms with E-state index in [-0.39, 0.29) is 17.8 Å². The quantitative estimate of drug-likeness (QED) is 0.852. The van der Waals surface area contributed by atoms with Gasteiger partial charge in [-0.25, -0.2) is 4.39 Å². The molecule has 1 amide bonds. The highest BCUT2D eigenvalue weighted by atomic mass is 35.5. The van der Waals surface area contributed by atoms with E-state index in [2.05, 4.69) is 5.32 Å². The number of rotatable bonds is 4. The summed E-state index contributed by atoms with van der Waals surface area (Å²) in [6.07, 6.45) is 0. The van der Waals surface area contributed by atoms with E-state index < -0.39 is 5.82 Å². The molecule has 0 aromatic heterocycles. The van der Waals surface area contributed by atoms with Gasteiger partial charge in [0.25, 0.3) is 5.91 Å². The molecule has 0 aliphatic heterocycles. The van der Waals surface area contributed by atoms with Crippen LogP contribution in [0.5, 0.6) is 0 Å². The molecule has 0 bridgehead atoms. The van der Waals surface area contributed by atoms with Gasteiger partial charge in [0.2, 0.25) is 0 Å². The maximum absolute atomic E-state index is 13.2. The summed E-state index contributed by atoms with van der Waals surface area (Å²) in [7, 11) is 0. The van der Waals surface area contributed by atoms with Crippen molar-refractivity contribution < 1.29 is 9.18 Å². The zero-order valence-corrected chi connectivity index (χ0v) is 11.8. The lowest BCUT2D eigenvalue weighted by Crippen LogP contribution is -2.30. The molecule has 1 atom stereocenters. The van der Waals surface area contributed by atoms with Gasteiger partial charge in [0, 0.05) is 11.4 Å². The topological polar surface area (TPSA) is 29.1 Å². The average Bonchev–Trinajstić information content (AvgIpc) is 2.48. The molecule has 1 unspecified atom stereocenters. The van der Waals surface area contributed by atoms with Gasteiger partial charge in [-0.05, 0) is 30.2 Å². The molecule has 0 aliphatic rings. The molecular weight excluding hydrogens is 277 g/mol. The van der Waals surface area contributed by atoms with Crippen molar-refractivity contribution in [3.05, 3.63) is 71.0 Å². The number of benzene rings is 2. The van der Waals surface area contributed by atoms with Crippen LogP contribution in [0.15, 0.2) is 48.5 Å². The number of halogens is 2. The Labute approximate surface area is 122 Å². The van der Waals surface area contributed by atoms with Gasteiger partial charge >= 0.3 is 0 Å². The highest BCUT2D eigenvalue weighted by Gasteiger charge is 2.16. The number of carbonyl (C=O) groups excluding carboxylic acids is 1. The first-order chi connectivity index (χ1) is 9.61. The molecule has 20 heavy (non-hydrogen) atoms. The molecule has 2 nitrogen and oxygen atoms in total. The van der Waals surface area contributed by atoms with Crippen LogP contribution in [0.2, 0.25) is 0 Å². The fourth-order valence-electron chi connectivity index (χ4n) is 1.97. The third-order valence-corrected chi connectivity index (χ3v) is 3.41. The van der Waals surface area contributed by atoms with Gasteiger partial charge in [0.1, 0.15) is 5.82 Å². The Hall–Kier alpha value is -1.87. The van der Waals surface area contributed by atoms with E-state index in [0.717, 1.165) is 11.1 Å². The van der Waals surface area contributed by atoms with Crippen molar-refractivity contribution in [3.63, 3.8) is 0 Å². The van der Waals surface area contributed by atoms with Crippen LogP contribution < -0.4 is 5.32 Å². The zero-order valence-electron chi connectivity index (χ0n) is 11.1. The molecule has 0 fully saturated rings. The number of aryl methyl sites for hydroxylation is 1. The number of amides is 1. The van der Waals surface area contributed by atoms with E-state index in [9.17, 15) is 9.18 Å². The van der Waals surface area contributed by atoms with Crippen LogP contribution >= 0.6 is 11.6 Å². The lowest BCUT2D eigenvalue weighted by molar-refractivity contribution is 0.0939. The third-order valence-electron chi connectivity index (χ3n) is 3.11. The lowest BCUT2D eigenvalue weighted by atomic mass is 10.1. The van der Waals surface area contributed by atoms with E-state index in [1.165, 1.54) is 12.1 Å². The number of hydrogen-bond donors (Lipinski definition) is 1. The molecule has 0 heterocycles.